The predicted molar refractivity (Wildman–Crippen MR) is 25.8 cm³/mol. The van der Waals surface area contributed by atoms with Gasteiger partial charge in [0.1, 0.15) is 0 Å². The Bertz CT molecular complexity index is 271. The van der Waals surface area contributed by atoms with Crippen LogP contribution < -0.4 is 0 Å². The molecule has 0 atom stereocenters. The Morgan fingerprint density at radius 2 is 2.22 bits per heavy atom. The molecule has 0 aliphatic carbocycles. The number of hydrogen-bond acceptors (Lipinski definition) is 6. The van der Waals surface area contributed by atoms with Gasteiger partial charge in [-0.2, -0.15) is 0 Å². The molecule has 44 valence electrons. The van der Waals surface area contributed by atoms with Crippen molar-refractivity contribution in [2.75, 3.05) is 0 Å². The first-order valence-corrected chi connectivity index (χ1v) is 2.13. The quantitative estimate of drug-likeness (QED) is 0.331. The van der Waals surface area contributed by atoms with Crippen LogP contribution in [0.15, 0.2) is 25.7 Å². The SMILES string of the molecule is [O-][N+]1=NC2=NN=NC2=N1. The van der Waals surface area contributed by atoms with Crippen molar-refractivity contribution in [1.82, 2.24) is 0 Å². The van der Waals surface area contributed by atoms with Crippen LogP contribution in [0.1, 0.15) is 0 Å². The largest absolute Gasteiger partial charge is 0.569 e. The normalized spacial score (nSPS) is 21.1. The number of rotatable bonds is 0. The predicted octanol–water partition coefficient (Wildman–Crippen LogP) is 0.0553. The van der Waals surface area contributed by atoms with Crippen molar-refractivity contribution in [3.8, 4) is 0 Å². The first-order valence-electron chi connectivity index (χ1n) is 2.13. The van der Waals surface area contributed by atoms with Gasteiger partial charge < -0.3 is 5.21 Å². The van der Waals surface area contributed by atoms with Gasteiger partial charge in [0.05, 0.1) is 15.2 Å². The maximum Gasteiger partial charge on any atom is 0.299 e. The van der Waals surface area contributed by atoms with Gasteiger partial charge in [0.2, 0.25) is 0 Å². The minimum absolute atomic E-state index is 0.159. The van der Waals surface area contributed by atoms with E-state index in [9.17, 15) is 5.21 Å². The van der Waals surface area contributed by atoms with Crippen LogP contribution in [0.2, 0.25) is 0 Å². The van der Waals surface area contributed by atoms with Gasteiger partial charge in [0.25, 0.3) is 11.7 Å². The molecular weight excluding hydrogens is 124 g/mol. The molecule has 0 aromatic heterocycles. The maximum atomic E-state index is 10.2. The second-order valence-corrected chi connectivity index (χ2v) is 1.39. The highest BCUT2D eigenvalue weighted by molar-refractivity contribution is 6.41. The van der Waals surface area contributed by atoms with Crippen LogP contribution in [0.3, 0.4) is 0 Å². The van der Waals surface area contributed by atoms with Gasteiger partial charge in [-0.3, -0.25) is 0 Å². The minimum atomic E-state index is 0.159. The molecule has 7 heteroatoms. The molecule has 2 rings (SSSR count). The van der Waals surface area contributed by atoms with Crippen LogP contribution in [0.25, 0.3) is 0 Å². The standard InChI is InChI=1S/C2N6O/c9-8-5-1-2(6-8)4-7-3-1. The molecule has 0 radical (unpaired) electrons. The lowest BCUT2D eigenvalue weighted by molar-refractivity contribution is -0.524. The zero-order chi connectivity index (χ0) is 6.27. The number of nitrogens with zero attached hydrogens (tertiary/aromatic N) is 6. The molecule has 0 saturated carbocycles. The summed E-state index contributed by atoms with van der Waals surface area (Å²) in [4.78, 5) is 0.159. The number of amidine groups is 2. The smallest absolute Gasteiger partial charge is 0.299 e. The summed E-state index contributed by atoms with van der Waals surface area (Å²) in [6.45, 7) is 0. The molecule has 2 aliphatic heterocycles. The monoisotopic (exact) mass is 124 g/mol. The van der Waals surface area contributed by atoms with Crippen molar-refractivity contribution in [2.45, 2.75) is 0 Å². The van der Waals surface area contributed by atoms with Crippen molar-refractivity contribution in [3.05, 3.63) is 5.21 Å². The number of hydrogen-bond donors (Lipinski definition) is 0. The Labute approximate surface area is 48.7 Å². The Balaban J connectivity index is 2.53. The molecule has 0 saturated heterocycles. The molecule has 0 spiro atoms. The summed E-state index contributed by atoms with van der Waals surface area (Å²) >= 11 is 0. The second-order valence-electron chi connectivity index (χ2n) is 1.39. The fourth-order valence-electron chi connectivity index (χ4n) is 0.510. The Morgan fingerprint density at radius 1 is 1.33 bits per heavy atom. The summed E-state index contributed by atoms with van der Waals surface area (Å²) in [6, 6.07) is 0. The van der Waals surface area contributed by atoms with E-state index in [1.807, 2.05) is 0 Å². The summed E-state index contributed by atoms with van der Waals surface area (Å²) < 4.78 is 0. The van der Waals surface area contributed by atoms with E-state index >= 15 is 0 Å². The Morgan fingerprint density at radius 3 is 3.00 bits per heavy atom. The fourth-order valence-corrected chi connectivity index (χ4v) is 0.510. The van der Waals surface area contributed by atoms with Crippen molar-refractivity contribution < 1.29 is 4.97 Å². The van der Waals surface area contributed by atoms with E-state index in [4.69, 9.17) is 0 Å². The highest BCUT2D eigenvalue weighted by Gasteiger charge is 2.26. The van der Waals surface area contributed by atoms with Crippen LogP contribution in [0.4, 0.5) is 0 Å². The summed E-state index contributed by atoms with van der Waals surface area (Å²) in [6.07, 6.45) is 0. The van der Waals surface area contributed by atoms with Gasteiger partial charge in [-0.25, -0.2) is 0 Å². The molecular formula is C2N6O. The Kier molecular flexibility index (Phi) is 0.560. The molecule has 0 aromatic rings. The molecule has 0 N–H and O–H groups in total. The van der Waals surface area contributed by atoms with E-state index < -0.39 is 0 Å². The molecule has 0 aromatic carbocycles. The van der Waals surface area contributed by atoms with E-state index in [1.165, 1.54) is 0 Å². The summed E-state index contributed by atoms with van der Waals surface area (Å²) in [5.41, 5.74) is 0. The van der Waals surface area contributed by atoms with Crippen molar-refractivity contribution in [2.24, 2.45) is 25.7 Å². The van der Waals surface area contributed by atoms with Crippen LogP contribution in [-0.4, -0.2) is 16.6 Å². The summed E-state index contributed by atoms with van der Waals surface area (Å²) in [5, 5.41) is 26.8. The molecule has 0 bridgehead atoms. The third kappa shape index (κ3) is 0.447. The maximum absolute atomic E-state index is 10.2. The third-order valence-electron chi connectivity index (χ3n) is 0.839. The highest BCUT2D eigenvalue weighted by atomic mass is 16.5. The van der Waals surface area contributed by atoms with Gasteiger partial charge in [0, 0.05) is 0 Å². The molecule has 9 heavy (non-hydrogen) atoms. The summed E-state index contributed by atoms with van der Waals surface area (Å²) in [5.74, 6) is 0.370. The average Bonchev–Trinajstić information content (AvgIpc) is 2.22. The number of hydrazone groups is 1. The lowest BCUT2D eigenvalue weighted by Crippen LogP contribution is -1.97. The van der Waals surface area contributed by atoms with Gasteiger partial charge in [0.15, 0.2) is 0 Å². The van der Waals surface area contributed by atoms with Crippen LogP contribution >= 0.6 is 0 Å². The number of fused-ring (bicyclic) bond motifs is 1. The average molecular weight is 124 g/mol. The molecule has 0 unspecified atom stereocenters. The van der Waals surface area contributed by atoms with E-state index in [-0.39, 0.29) is 16.6 Å². The molecule has 2 heterocycles. The van der Waals surface area contributed by atoms with Gasteiger partial charge in [-0.05, 0) is 5.22 Å². The Hall–Kier alpha value is -1.66. The first-order chi connectivity index (χ1) is 4.36. The van der Waals surface area contributed by atoms with E-state index in [1.54, 1.807) is 0 Å². The third-order valence-corrected chi connectivity index (χ3v) is 0.839. The van der Waals surface area contributed by atoms with Gasteiger partial charge in [-0.15, -0.1) is 0 Å². The second kappa shape index (κ2) is 1.19. The first kappa shape index (κ1) is 4.24. The molecule has 0 amide bonds. The topological polar surface area (TPSA) is 87.9 Å². The van der Waals surface area contributed by atoms with Gasteiger partial charge in [-0.1, -0.05) is 10.2 Å². The zero-order valence-electron chi connectivity index (χ0n) is 4.09. The van der Waals surface area contributed by atoms with E-state index in [2.05, 4.69) is 25.7 Å². The van der Waals surface area contributed by atoms with Crippen molar-refractivity contribution in [1.29, 1.82) is 0 Å². The molecule has 2 aliphatic rings. The van der Waals surface area contributed by atoms with Crippen LogP contribution in [0, 0.1) is 5.21 Å². The van der Waals surface area contributed by atoms with Crippen LogP contribution in [-0.2, 0) is 0 Å². The lowest BCUT2D eigenvalue weighted by Gasteiger charge is -1.76. The minimum Gasteiger partial charge on any atom is -0.569 e. The highest BCUT2D eigenvalue weighted by Crippen LogP contribution is 2.06. The zero-order valence-corrected chi connectivity index (χ0v) is 4.09. The molecule has 0 fully saturated rings. The van der Waals surface area contributed by atoms with Gasteiger partial charge >= 0.3 is 0 Å². The molecule has 7 nitrogen and oxygen atoms in total. The van der Waals surface area contributed by atoms with E-state index in [0.29, 0.717) is 0 Å². The van der Waals surface area contributed by atoms with Crippen molar-refractivity contribution >= 4 is 11.7 Å². The fraction of sp³-hybridized carbons (Fsp3) is 0. The summed E-state index contributed by atoms with van der Waals surface area (Å²) in [7, 11) is 0. The van der Waals surface area contributed by atoms with E-state index in [0.717, 1.165) is 0 Å². The van der Waals surface area contributed by atoms with Crippen LogP contribution in [0.5, 0.6) is 0 Å². The van der Waals surface area contributed by atoms with Crippen molar-refractivity contribution in [3.63, 3.8) is 0 Å². The lowest BCUT2D eigenvalue weighted by atomic mass is 10.6.